The van der Waals surface area contributed by atoms with E-state index in [9.17, 15) is 4.39 Å². The molecule has 2 aromatic carbocycles. The van der Waals surface area contributed by atoms with Crippen LogP contribution in [-0.2, 0) is 6.54 Å². The Hall–Kier alpha value is -2.02. The van der Waals surface area contributed by atoms with Gasteiger partial charge in [-0.15, -0.1) is 0 Å². The van der Waals surface area contributed by atoms with E-state index in [1.807, 2.05) is 22.9 Å². The number of rotatable bonds is 2. The number of nitriles is 1. The molecule has 5 heteroatoms. The predicted molar refractivity (Wildman–Crippen MR) is 82.2 cm³/mol. The van der Waals surface area contributed by atoms with Gasteiger partial charge in [-0.3, -0.25) is 0 Å². The first kappa shape index (κ1) is 13.9. The SMILES string of the molecule is N#Cc1cccc(Cn2ccc3c(Cl)cc(Cl)cc32)c1F. The summed E-state index contributed by atoms with van der Waals surface area (Å²) in [5, 5.41) is 10.8. The lowest BCUT2D eigenvalue weighted by Crippen LogP contribution is -2.02. The van der Waals surface area contributed by atoms with Gasteiger partial charge in [0.1, 0.15) is 11.9 Å². The van der Waals surface area contributed by atoms with Crippen LogP contribution in [0.3, 0.4) is 0 Å². The van der Waals surface area contributed by atoms with Gasteiger partial charge in [0.05, 0.1) is 22.6 Å². The van der Waals surface area contributed by atoms with Crippen LogP contribution in [0.1, 0.15) is 11.1 Å². The largest absolute Gasteiger partial charge is 0.343 e. The van der Waals surface area contributed by atoms with Crippen LogP contribution in [-0.4, -0.2) is 4.57 Å². The maximum atomic E-state index is 14.1. The molecule has 0 aliphatic carbocycles. The molecule has 0 bridgehead atoms. The lowest BCUT2D eigenvalue weighted by molar-refractivity contribution is 0.598. The second-order valence-corrected chi connectivity index (χ2v) is 5.50. The summed E-state index contributed by atoms with van der Waals surface area (Å²) < 4.78 is 16.0. The lowest BCUT2D eigenvalue weighted by atomic mass is 10.1. The Morgan fingerprint density at radius 1 is 1.19 bits per heavy atom. The van der Waals surface area contributed by atoms with Crippen molar-refractivity contribution in [2.24, 2.45) is 0 Å². The molecule has 3 aromatic rings. The Balaban J connectivity index is 2.09. The average molecular weight is 319 g/mol. The highest BCUT2D eigenvalue weighted by atomic mass is 35.5. The molecule has 0 unspecified atom stereocenters. The summed E-state index contributed by atoms with van der Waals surface area (Å²) in [6, 6.07) is 12.0. The van der Waals surface area contributed by atoms with Gasteiger partial charge in [-0.2, -0.15) is 5.26 Å². The molecule has 0 atom stereocenters. The van der Waals surface area contributed by atoms with Gasteiger partial charge in [0.2, 0.25) is 0 Å². The zero-order valence-electron chi connectivity index (χ0n) is 10.8. The molecule has 104 valence electrons. The maximum absolute atomic E-state index is 14.1. The fourth-order valence-corrected chi connectivity index (χ4v) is 2.87. The van der Waals surface area contributed by atoms with Gasteiger partial charge in [0.15, 0.2) is 0 Å². The normalized spacial score (nSPS) is 10.8. The summed E-state index contributed by atoms with van der Waals surface area (Å²) in [4.78, 5) is 0. The predicted octanol–water partition coefficient (Wildman–Crippen LogP) is 5.01. The molecular weight excluding hydrogens is 310 g/mol. The number of halogens is 3. The van der Waals surface area contributed by atoms with Gasteiger partial charge >= 0.3 is 0 Å². The lowest BCUT2D eigenvalue weighted by Gasteiger charge is -2.08. The van der Waals surface area contributed by atoms with Crippen molar-refractivity contribution in [1.82, 2.24) is 4.57 Å². The first-order chi connectivity index (χ1) is 10.1. The minimum atomic E-state index is -0.491. The summed E-state index contributed by atoms with van der Waals surface area (Å²) in [7, 11) is 0. The van der Waals surface area contributed by atoms with Crippen LogP contribution < -0.4 is 0 Å². The molecule has 0 saturated carbocycles. The Morgan fingerprint density at radius 2 is 2.00 bits per heavy atom. The minimum absolute atomic E-state index is 0.0417. The zero-order chi connectivity index (χ0) is 15.0. The van der Waals surface area contributed by atoms with Crippen LogP contribution in [0.2, 0.25) is 10.0 Å². The zero-order valence-corrected chi connectivity index (χ0v) is 12.3. The van der Waals surface area contributed by atoms with Gasteiger partial charge in [-0.05, 0) is 24.3 Å². The Bertz CT molecular complexity index is 878. The van der Waals surface area contributed by atoms with Crippen molar-refractivity contribution in [3.05, 3.63) is 69.6 Å². The summed E-state index contributed by atoms with van der Waals surface area (Å²) in [6.07, 6.45) is 1.82. The summed E-state index contributed by atoms with van der Waals surface area (Å²) in [5.41, 5.74) is 1.32. The van der Waals surface area contributed by atoms with Crippen LogP contribution in [0.4, 0.5) is 4.39 Å². The third-order valence-electron chi connectivity index (χ3n) is 3.34. The van der Waals surface area contributed by atoms with Gasteiger partial charge < -0.3 is 4.57 Å². The van der Waals surface area contributed by atoms with Crippen molar-refractivity contribution in [2.75, 3.05) is 0 Å². The molecular formula is C16H9Cl2FN2. The van der Waals surface area contributed by atoms with Crippen molar-refractivity contribution >= 4 is 34.1 Å². The second-order valence-electron chi connectivity index (χ2n) is 4.65. The van der Waals surface area contributed by atoms with Gasteiger partial charge in [-0.1, -0.05) is 35.3 Å². The first-order valence-corrected chi connectivity index (χ1v) is 6.97. The molecule has 0 radical (unpaired) electrons. The van der Waals surface area contributed by atoms with Gasteiger partial charge in [0.25, 0.3) is 0 Å². The molecule has 1 heterocycles. The van der Waals surface area contributed by atoms with E-state index in [4.69, 9.17) is 28.5 Å². The van der Waals surface area contributed by atoms with E-state index in [-0.39, 0.29) is 5.56 Å². The second kappa shape index (κ2) is 5.40. The number of hydrogen-bond donors (Lipinski definition) is 0. The molecule has 0 aliphatic rings. The number of aromatic nitrogens is 1. The summed E-state index contributed by atoms with van der Waals surface area (Å²) >= 11 is 12.2. The van der Waals surface area contributed by atoms with Crippen molar-refractivity contribution in [3.8, 4) is 6.07 Å². The van der Waals surface area contributed by atoms with Crippen molar-refractivity contribution in [2.45, 2.75) is 6.54 Å². The Morgan fingerprint density at radius 3 is 2.76 bits per heavy atom. The molecule has 0 amide bonds. The van der Waals surface area contributed by atoms with Crippen molar-refractivity contribution in [1.29, 1.82) is 5.26 Å². The first-order valence-electron chi connectivity index (χ1n) is 6.21. The molecule has 0 saturated heterocycles. The fourth-order valence-electron chi connectivity index (χ4n) is 2.33. The van der Waals surface area contributed by atoms with E-state index in [0.717, 1.165) is 10.9 Å². The van der Waals surface area contributed by atoms with E-state index in [1.165, 1.54) is 6.07 Å². The van der Waals surface area contributed by atoms with E-state index in [0.29, 0.717) is 22.2 Å². The fraction of sp³-hybridized carbons (Fsp3) is 0.0625. The van der Waals surface area contributed by atoms with Gasteiger partial charge in [0, 0.05) is 22.2 Å². The van der Waals surface area contributed by atoms with Crippen LogP contribution in [0, 0.1) is 17.1 Å². The van der Waals surface area contributed by atoms with Crippen LogP contribution in [0.25, 0.3) is 10.9 Å². The molecule has 0 spiro atoms. The average Bonchev–Trinajstić information content (AvgIpc) is 2.84. The molecule has 0 fully saturated rings. The third kappa shape index (κ3) is 2.49. The number of benzene rings is 2. The summed E-state index contributed by atoms with van der Waals surface area (Å²) in [5.74, 6) is -0.491. The minimum Gasteiger partial charge on any atom is -0.343 e. The maximum Gasteiger partial charge on any atom is 0.145 e. The van der Waals surface area contributed by atoms with Crippen LogP contribution in [0.5, 0.6) is 0 Å². The molecule has 1 aromatic heterocycles. The van der Waals surface area contributed by atoms with Gasteiger partial charge in [-0.25, -0.2) is 4.39 Å². The number of nitrogens with zero attached hydrogens (tertiary/aromatic N) is 2. The molecule has 0 aliphatic heterocycles. The number of fused-ring (bicyclic) bond motifs is 1. The summed E-state index contributed by atoms with van der Waals surface area (Å²) in [6.45, 7) is 0.307. The Labute approximate surface area is 130 Å². The molecule has 0 N–H and O–H groups in total. The van der Waals surface area contributed by atoms with Crippen LogP contribution in [0.15, 0.2) is 42.6 Å². The molecule has 2 nitrogen and oxygen atoms in total. The highest BCUT2D eigenvalue weighted by molar-refractivity contribution is 6.38. The Kier molecular flexibility index (Phi) is 3.59. The third-order valence-corrected chi connectivity index (χ3v) is 3.87. The smallest absolute Gasteiger partial charge is 0.145 e. The van der Waals surface area contributed by atoms with E-state index >= 15 is 0 Å². The number of hydrogen-bond acceptors (Lipinski definition) is 1. The molecule has 3 rings (SSSR count). The van der Waals surface area contributed by atoms with E-state index in [2.05, 4.69) is 0 Å². The highest BCUT2D eigenvalue weighted by Gasteiger charge is 2.11. The van der Waals surface area contributed by atoms with E-state index in [1.54, 1.807) is 24.3 Å². The molecule has 21 heavy (non-hydrogen) atoms. The monoisotopic (exact) mass is 318 g/mol. The van der Waals surface area contributed by atoms with Crippen LogP contribution >= 0.6 is 23.2 Å². The quantitative estimate of drug-likeness (QED) is 0.653. The topological polar surface area (TPSA) is 28.7 Å². The standard InChI is InChI=1S/C16H9Cl2FN2/c17-12-6-14(18)13-4-5-21(15(13)7-12)9-11-3-1-2-10(8-20)16(11)19/h1-7H,9H2. The van der Waals surface area contributed by atoms with Crippen molar-refractivity contribution in [3.63, 3.8) is 0 Å². The van der Waals surface area contributed by atoms with Crippen molar-refractivity contribution < 1.29 is 4.39 Å². The highest BCUT2D eigenvalue weighted by Crippen LogP contribution is 2.29. The van der Waals surface area contributed by atoms with E-state index < -0.39 is 5.82 Å².